The molecule has 0 aliphatic heterocycles. The summed E-state index contributed by atoms with van der Waals surface area (Å²) in [7, 11) is -3.49. The topological polar surface area (TPSA) is 71.9 Å². The van der Waals surface area contributed by atoms with Crippen LogP contribution in [0.4, 0.5) is 0 Å². The number of hydrogen-bond donors (Lipinski definition) is 0. The summed E-state index contributed by atoms with van der Waals surface area (Å²) in [5.74, 6) is -0.179. The second kappa shape index (κ2) is 13.9. The molecule has 0 fully saturated rings. The quantitative estimate of drug-likeness (QED) is 0.318. The summed E-state index contributed by atoms with van der Waals surface area (Å²) in [5, 5.41) is 0. The molecule has 9 heteroatoms. The van der Waals surface area contributed by atoms with Gasteiger partial charge in [-0.25, -0.2) is 8.42 Å². The molecule has 0 saturated carbocycles. The van der Waals surface area contributed by atoms with Crippen molar-refractivity contribution in [3.05, 3.63) is 58.3 Å². The van der Waals surface area contributed by atoms with Crippen LogP contribution in [0.15, 0.2) is 47.1 Å². The Kier molecular flexibility index (Phi) is 11.6. The van der Waals surface area contributed by atoms with Gasteiger partial charge >= 0.3 is 0 Å². The fraction of sp³-hybridized carbons (Fsp3) is 0.542. The lowest BCUT2D eigenvalue weighted by Crippen LogP contribution is -2.43. The zero-order valence-electron chi connectivity index (χ0n) is 19.9. The van der Waals surface area contributed by atoms with Crippen LogP contribution in [-0.4, -0.2) is 67.2 Å². The van der Waals surface area contributed by atoms with Crippen molar-refractivity contribution in [2.75, 3.05) is 39.1 Å². The SMILES string of the molecule is CCCCN(Cc1cccn1Cc1ccc(Br)cc1)C(=O)CN(CCCOCC)S(C)(=O)=O. The third-order valence-electron chi connectivity index (χ3n) is 5.36. The lowest BCUT2D eigenvalue weighted by molar-refractivity contribution is -0.132. The number of aromatic nitrogens is 1. The largest absolute Gasteiger partial charge is 0.382 e. The Hall–Kier alpha value is -1.68. The van der Waals surface area contributed by atoms with Crippen LogP contribution < -0.4 is 0 Å². The zero-order valence-corrected chi connectivity index (χ0v) is 22.3. The van der Waals surface area contributed by atoms with E-state index in [0.29, 0.717) is 39.3 Å². The van der Waals surface area contributed by atoms with E-state index in [1.54, 1.807) is 4.90 Å². The lowest BCUT2D eigenvalue weighted by atomic mass is 10.2. The van der Waals surface area contributed by atoms with Gasteiger partial charge in [0.15, 0.2) is 0 Å². The van der Waals surface area contributed by atoms with Gasteiger partial charge in [-0.2, -0.15) is 4.31 Å². The van der Waals surface area contributed by atoms with Crippen LogP contribution in [0.1, 0.15) is 44.4 Å². The van der Waals surface area contributed by atoms with Gasteiger partial charge in [0, 0.05) is 49.2 Å². The van der Waals surface area contributed by atoms with Crippen molar-refractivity contribution in [2.24, 2.45) is 0 Å². The molecule has 0 aliphatic carbocycles. The maximum atomic E-state index is 13.2. The number of ether oxygens (including phenoxy) is 1. The molecule has 1 heterocycles. The third kappa shape index (κ3) is 9.60. The molecule has 2 aromatic rings. The van der Waals surface area contributed by atoms with Crippen molar-refractivity contribution in [2.45, 2.75) is 46.2 Å². The molecule has 33 heavy (non-hydrogen) atoms. The second-order valence-corrected chi connectivity index (χ2v) is 11.0. The van der Waals surface area contributed by atoms with Crippen molar-refractivity contribution in [1.82, 2.24) is 13.8 Å². The van der Waals surface area contributed by atoms with Crippen molar-refractivity contribution < 1.29 is 17.9 Å². The van der Waals surface area contributed by atoms with Gasteiger partial charge in [-0.1, -0.05) is 41.4 Å². The minimum absolute atomic E-state index is 0.151. The Bertz CT molecular complexity index is 960. The van der Waals surface area contributed by atoms with Gasteiger partial charge in [0.25, 0.3) is 0 Å². The van der Waals surface area contributed by atoms with E-state index in [0.717, 1.165) is 29.3 Å². The summed E-state index contributed by atoms with van der Waals surface area (Å²) in [6.45, 7) is 6.90. The fourth-order valence-corrected chi connectivity index (χ4v) is 4.54. The normalized spacial score (nSPS) is 11.8. The van der Waals surface area contributed by atoms with Gasteiger partial charge < -0.3 is 14.2 Å². The van der Waals surface area contributed by atoms with Crippen LogP contribution >= 0.6 is 15.9 Å². The molecule has 1 aromatic heterocycles. The minimum atomic E-state index is -3.49. The average molecular weight is 543 g/mol. The van der Waals surface area contributed by atoms with Crippen LogP contribution in [0.25, 0.3) is 0 Å². The zero-order chi connectivity index (χ0) is 24.3. The minimum Gasteiger partial charge on any atom is -0.382 e. The number of sulfonamides is 1. The van der Waals surface area contributed by atoms with Gasteiger partial charge in [-0.05, 0) is 49.6 Å². The Labute approximate surface area is 206 Å². The van der Waals surface area contributed by atoms with E-state index in [4.69, 9.17) is 4.74 Å². The Morgan fingerprint density at radius 1 is 1.09 bits per heavy atom. The molecule has 184 valence electrons. The van der Waals surface area contributed by atoms with Crippen molar-refractivity contribution >= 4 is 31.9 Å². The average Bonchev–Trinajstić information content (AvgIpc) is 3.20. The van der Waals surface area contributed by atoms with E-state index in [1.807, 2.05) is 37.4 Å². The molecule has 1 aromatic carbocycles. The number of halogens is 1. The van der Waals surface area contributed by atoms with E-state index < -0.39 is 10.0 Å². The number of unbranched alkanes of at least 4 members (excludes halogenated alkanes) is 1. The number of amides is 1. The molecule has 1 amide bonds. The van der Waals surface area contributed by atoms with E-state index in [-0.39, 0.29) is 19.0 Å². The van der Waals surface area contributed by atoms with Crippen molar-refractivity contribution in [3.63, 3.8) is 0 Å². The summed E-state index contributed by atoms with van der Waals surface area (Å²) in [4.78, 5) is 15.0. The molecule has 0 saturated heterocycles. The Balaban J connectivity index is 2.11. The molecule has 0 bridgehead atoms. The maximum absolute atomic E-state index is 13.2. The molecule has 0 N–H and O–H groups in total. The van der Waals surface area contributed by atoms with Crippen LogP contribution in [-0.2, 0) is 32.6 Å². The number of carbonyl (C=O) groups is 1. The Morgan fingerprint density at radius 3 is 2.45 bits per heavy atom. The van der Waals surface area contributed by atoms with E-state index >= 15 is 0 Å². The molecule has 7 nitrogen and oxygen atoms in total. The van der Waals surface area contributed by atoms with Crippen LogP contribution in [0.3, 0.4) is 0 Å². The number of benzene rings is 1. The smallest absolute Gasteiger partial charge is 0.238 e. The first-order chi connectivity index (χ1) is 15.7. The second-order valence-electron chi connectivity index (χ2n) is 8.07. The molecule has 0 atom stereocenters. The predicted octanol–water partition coefficient (Wildman–Crippen LogP) is 4.12. The van der Waals surface area contributed by atoms with Gasteiger partial charge in [0.1, 0.15) is 0 Å². The first kappa shape index (κ1) is 27.6. The summed E-state index contributed by atoms with van der Waals surface area (Å²) in [5.41, 5.74) is 2.18. The molecule has 2 rings (SSSR count). The standard InChI is InChI=1S/C24H36BrN3O4S/c1-4-6-14-27(24(29)20-28(33(3,30)31)16-8-17-32-5-2)19-23-9-7-15-26(23)18-21-10-12-22(25)13-11-21/h7,9-13,15H,4-6,8,14,16-20H2,1-3H3. The number of rotatable bonds is 15. The van der Waals surface area contributed by atoms with Crippen molar-refractivity contribution in [1.29, 1.82) is 0 Å². The summed E-state index contributed by atoms with van der Waals surface area (Å²) in [6, 6.07) is 12.2. The number of nitrogens with zero attached hydrogens (tertiary/aromatic N) is 3. The van der Waals surface area contributed by atoms with Crippen molar-refractivity contribution in [3.8, 4) is 0 Å². The highest BCUT2D eigenvalue weighted by atomic mass is 79.9. The highest BCUT2D eigenvalue weighted by Gasteiger charge is 2.24. The molecular formula is C24H36BrN3O4S. The molecular weight excluding hydrogens is 506 g/mol. The Morgan fingerprint density at radius 2 is 1.82 bits per heavy atom. The molecule has 0 aliphatic rings. The highest BCUT2D eigenvalue weighted by molar-refractivity contribution is 9.10. The summed E-state index contributed by atoms with van der Waals surface area (Å²) < 4.78 is 34.3. The number of carbonyl (C=O) groups excluding carboxylic acids is 1. The molecule has 0 radical (unpaired) electrons. The lowest BCUT2D eigenvalue weighted by Gasteiger charge is -2.27. The van der Waals surface area contributed by atoms with Gasteiger partial charge in [-0.15, -0.1) is 0 Å². The van der Waals surface area contributed by atoms with E-state index in [1.165, 1.54) is 9.87 Å². The van der Waals surface area contributed by atoms with Gasteiger partial charge in [0.2, 0.25) is 15.9 Å². The number of hydrogen-bond acceptors (Lipinski definition) is 4. The summed E-state index contributed by atoms with van der Waals surface area (Å²) in [6.07, 6.45) is 5.53. The first-order valence-corrected chi connectivity index (χ1v) is 14.1. The maximum Gasteiger partial charge on any atom is 0.238 e. The van der Waals surface area contributed by atoms with Gasteiger partial charge in [0.05, 0.1) is 19.3 Å². The van der Waals surface area contributed by atoms with Crippen LogP contribution in [0.2, 0.25) is 0 Å². The van der Waals surface area contributed by atoms with Gasteiger partial charge in [-0.3, -0.25) is 4.79 Å². The molecule has 0 spiro atoms. The molecule has 0 unspecified atom stereocenters. The summed E-state index contributed by atoms with van der Waals surface area (Å²) >= 11 is 3.46. The van der Waals surface area contributed by atoms with E-state index in [9.17, 15) is 13.2 Å². The first-order valence-electron chi connectivity index (χ1n) is 11.4. The van der Waals surface area contributed by atoms with E-state index in [2.05, 4.69) is 39.6 Å². The predicted molar refractivity (Wildman–Crippen MR) is 136 cm³/mol. The monoisotopic (exact) mass is 541 g/mol. The highest BCUT2D eigenvalue weighted by Crippen LogP contribution is 2.15. The fourth-order valence-electron chi connectivity index (χ4n) is 3.47. The van der Waals surface area contributed by atoms with Crippen LogP contribution in [0, 0.1) is 0 Å². The third-order valence-corrected chi connectivity index (χ3v) is 7.14. The van der Waals surface area contributed by atoms with Crippen LogP contribution in [0.5, 0.6) is 0 Å².